The van der Waals surface area contributed by atoms with E-state index in [1.165, 1.54) is 0 Å². The van der Waals surface area contributed by atoms with E-state index in [2.05, 4.69) is 22.2 Å². The predicted octanol–water partition coefficient (Wildman–Crippen LogP) is 0.753. The Morgan fingerprint density at radius 1 is 1.10 bits per heavy atom. The number of amides is 1. The molecule has 0 atom stereocenters. The molecule has 1 heterocycles. The standard InChI is InChI=1S/C16H23N3O2/c1-13(20)15-5-3-14(4-6-15)11-17-16(21)12-19-9-7-18(2)8-10-19/h3-6H,7-12H2,1-2H3,(H,17,21). The molecule has 0 radical (unpaired) electrons. The van der Waals surface area contributed by atoms with Crippen LogP contribution in [-0.2, 0) is 11.3 Å². The first-order valence-corrected chi connectivity index (χ1v) is 7.32. The van der Waals surface area contributed by atoms with Crippen LogP contribution in [0.25, 0.3) is 0 Å². The van der Waals surface area contributed by atoms with Crippen LogP contribution in [0, 0.1) is 0 Å². The third kappa shape index (κ3) is 4.95. The molecule has 1 N–H and O–H groups in total. The van der Waals surface area contributed by atoms with Gasteiger partial charge in [-0.25, -0.2) is 0 Å². The van der Waals surface area contributed by atoms with E-state index in [1.807, 2.05) is 12.1 Å². The number of hydrogen-bond acceptors (Lipinski definition) is 4. The number of nitrogens with zero attached hydrogens (tertiary/aromatic N) is 2. The summed E-state index contributed by atoms with van der Waals surface area (Å²) < 4.78 is 0. The van der Waals surface area contributed by atoms with Crippen LogP contribution in [0.5, 0.6) is 0 Å². The SMILES string of the molecule is CC(=O)c1ccc(CNC(=O)CN2CCN(C)CC2)cc1. The minimum Gasteiger partial charge on any atom is -0.351 e. The van der Waals surface area contributed by atoms with Gasteiger partial charge >= 0.3 is 0 Å². The maximum Gasteiger partial charge on any atom is 0.234 e. The molecule has 0 spiro atoms. The summed E-state index contributed by atoms with van der Waals surface area (Å²) in [6.45, 7) is 6.42. The van der Waals surface area contributed by atoms with Crippen molar-refractivity contribution in [2.24, 2.45) is 0 Å². The van der Waals surface area contributed by atoms with Gasteiger partial charge in [-0.05, 0) is 19.5 Å². The zero-order chi connectivity index (χ0) is 15.2. The Balaban J connectivity index is 1.74. The quantitative estimate of drug-likeness (QED) is 0.813. The van der Waals surface area contributed by atoms with E-state index in [-0.39, 0.29) is 11.7 Å². The first kappa shape index (κ1) is 15.7. The van der Waals surface area contributed by atoms with Gasteiger partial charge in [0.25, 0.3) is 0 Å². The highest BCUT2D eigenvalue weighted by Crippen LogP contribution is 2.05. The van der Waals surface area contributed by atoms with Crippen LogP contribution >= 0.6 is 0 Å². The van der Waals surface area contributed by atoms with Gasteiger partial charge in [0.05, 0.1) is 6.54 Å². The van der Waals surface area contributed by atoms with Gasteiger partial charge in [0.2, 0.25) is 5.91 Å². The van der Waals surface area contributed by atoms with Crippen LogP contribution in [0.15, 0.2) is 24.3 Å². The molecule has 0 bridgehead atoms. The summed E-state index contributed by atoms with van der Waals surface area (Å²) in [5.74, 6) is 0.107. The number of nitrogens with one attached hydrogen (secondary N) is 1. The molecule has 1 aromatic rings. The third-order valence-corrected chi connectivity index (χ3v) is 3.81. The van der Waals surface area contributed by atoms with Crippen LogP contribution in [0.4, 0.5) is 0 Å². The average Bonchev–Trinajstić information content (AvgIpc) is 2.48. The molecule has 2 rings (SSSR count). The van der Waals surface area contributed by atoms with Gasteiger partial charge < -0.3 is 10.2 Å². The maximum atomic E-state index is 11.9. The maximum absolute atomic E-state index is 11.9. The van der Waals surface area contributed by atoms with Crippen molar-refractivity contribution in [1.29, 1.82) is 0 Å². The zero-order valence-corrected chi connectivity index (χ0v) is 12.8. The molecule has 0 aromatic heterocycles. The summed E-state index contributed by atoms with van der Waals surface area (Å²) >= 11 is 0. The van der Waals surface area contributed by atoms with Gasteiger partial charge in [-0.15, -0.1) is 0 Å². The lowest BCUT2D eigenvalue weighted by Crippen LogP contribution is -2.48. The molecule has 1 aliphatic rings. The number of piperazine rings is 1. The van der Waals surface area contributed by atoms with Gasteiger partial charge in [-0.1, -0.05) is 24.3 Å². The Labute approximate surface area is 125 Å². The molecule has 0 unspecified atom stereocenters. The highest BCUT2D eigenvalue weighted by atomic mass is 16.2. The molecule has 1 aromatic carbocycles. The molecule has 1 aliphatic heterocycles. The summed E-state index contributed by atoms with van der Waals surface area (Å²) in [4.78, 5) is 27.6. The Kier molecular flexibility index (Phi) is 5.47. The fourth-order valence-corrected chi connectivity index (χ4v) is 2.32. The normalized spacial score (nSPS) is 16.7. The minimum atomic E-state index is 0.0511. The highest BCUT2D eigenvalue weighted by Gasteiger charge is 2.16. The van der Waals surface area contributed by atoms with E-state index >= 15 is 0 Å². The molecule has 5 heteroatoms. The van der Waals surface area contributed by atoms with Crippen LogP contribution in [0.2, 0.25) is 0 Å². The fourth-order valence-electron chi connectivity index (χ4n) is 2.32. The van der Waals surface area contributed by atoms with Gasteiger partial charge in [0.15, 0.2) is 5.78 Å². The third-order valence-electron chi connectivity index (χ3n) is 3.81. The van der Waals surface area contributed by atoms with Crippen LogP contribution in [-0.4, -0.2) is 61.3 Å². The van der Waals surface area contributed by atoms with E-state index in [0.29, 0.717) is 18.7 Å². The smallest absolute Gasteiger partial charge is 0.234 e. The summed E-state index contributed by atoms with van der Waals surface area (Å²) in [6.07, 6.45) is 0. The minimum absolute atomic E-state index is 0.0511. The Morgan fingerprint density at radius 2 is 1.71 bits per heavy atom. The van der Waals surface area contributed by atoms with Gasteiger partial charge in [-0.2, -0.15) is 0 Å². The van der Waals surface area contributed by atoms with E-state index in [4.69, 9.17) is 0 Å². The first-order valence-electron chi connectivity index (χ1n) is 7.32. The second-order valence-corrected chi connectivity index (χ2v) is 5.61. The number of likely N-dealkylation sites (N-methyl/N-ethyl adjacent to an activating group) is 1. The highest BCUT2D eigenvalue weighted by molar-refractivity contribution is 5.94. The summed E-state index contributed by atoms with van der Waals surface area (Å²) in [7, 11) is 2.10. The van der Waals surface area contributed by atoms with Crippen molar-refractivity contribution in [2.45, 2.75) is 13.5 Å². The molecular formula is C16H23N3O2. The monoisotopic (exact) mass is 289 g/mol. The van der Waals surface area contributed by atoms with Crippen molar-refractivity contribution < 1.29 is 9.59 Å². The summed E-state index contributed by atoms with van der Waals surface area (Å²) in [6, 6.07) is 7.36. The Hall–Kier alpha value is -1.72. The molecule has 0 saturated carbocycles. The molecule has 5 nitrogen and oxygen atoms in total. The Morgan fingerprint density at radius 3 is 2.29 bits per heavy atom. The molecule has 21 heavy (non-hydrogen) atoms. The van der Waals surface area contributed by atoms with E-state index in [9.17, 15) is 9.59 Å². The van der Waals surface area contributed by atoms with E-state index < -0.39 is 0 Å². The van der Waals surface area contributed by atoms with Crippen LogP contribution in [0.1, 0.15) is 22.8 Å². The topological polar surface area (TPSA) is 52.7 Å². The largest absolute Gasteiger partial charge is 0.351 e. The number of rotatable bonds is 5. The van der Waals surface area contributed by atoms with E-state index in [1.54, 1.807) is 19.1 Å². The molecule has 0 aliphatic carbocycles. The number of carbonyl (C=O) groups is 2. The van der Waals surface area contributed by atoms with Crippen LogP contribution in [0.3, 0.4) is 0 Å². The molecule has 114 valence electrons. The lowest BCUT2D eigenvalue weighted by atomic mass is 10.1. The number of carbonyl (C=O) groups excluding carboxylic acids is 2. The summed E-state index contributed by atoms with van der Waals surface area (Å²) in [5.41, 5.74) is 1.70. The second kappa shape index (κ2) is 7.33. The molecule has 1 fully saturated rings. The van der Waals surface area contributed by atoms with Crippen molar-refractivity contribution in [2.75, 3.05) is 39.8 Å². The number of Topliss-reactive ketones (excluding diaryl/α,β-unsaturated/α-hetero) is 1. The van der Waals surface area contributed by atoms with Crippen molar-refractivity contribution in [3.63, 3.8) is 0 Å². The fraction of sp³-hybridized carbons (Fsp3) is 0.500. The van der Waals surface area contributed by atoms with Crippen LogP contribution < -0.4 is 5.32 Å². The van der Waals surface area contributed by atoms with Crippen molar-refractivity contribution in [3.8, 4) is 0 Å². The summed E-state index contributed by atoms with van der Waals surface area (Å²) in [5, 5.41) is 2.93. The van der Waals surface area contributed by atoms with Gasteiger partial charge in [0.1, 0.15) is 0 Å². The zero-order valence-electron chi connectivity index (χ0n) is 12.8. The molecule has 1 amide bonds. The number of benzene rings is 1. The number of hydrogen-bond donors (Lipinski definition) is 1. The molecule has 1 saturated heterocycles. The lowest BCUT2D eigenvalue weighted by Gasteiger charge is -2.31. The van der Waals surface area contributed by atoms with Crippen molar-refractivity contribution in [3.05, 3.63) is 35.4 Å². The predicted molar refractivity (Wildman–Crippen MR) is 82.2 cm³/mol. The lowest BCUT2D eigenvalue weighted by molar-refractivity contribution is -0.122. The van der Waals surface area contributed by atoms with E-state index in [0.717, 1.165) is 31.7 Å². The number of ketones is 1. The van der Waals surface area contributed by atoms with Gasteiger partial charge in [-0.3, -0.25) is 14.5 Å². The second-order valence-electron chi connectivity index (χ2n) is 5.61. The van der Waals surface area contributed by atoms with Gasteiger partial charge in [0, 0.05) is 38.3 Å². The Bertz CT molecular complexity index is 491. The average molecular weight is 289 g/mol. The van der Waals surface area contributed by atoms with Crippen molar-refractivity contribution in [1.82, 2.24) is 15.1 Å². The van der Waals surface area contributed by atoms with Crippen molar-refractivity contribution >= 4 is 11.7 Å². The first-order chi connectivity index (χ1) is 10.0. The molecular weight excluding hydrogens is 266 g/mol.